The Morgan fingerprint density at radius 1 is 1.60 bits per heavy atom. The first-order chi connectivity index (χ1) is 4.62. The molecular formula is C8H13NO. The van der Waals surface area contributed by atoms with Crippen LogP contribution in [-0.4, -0.2) is 11.7 Å². The number of aliphatic hydroxyl groups is 1. The lowest BCUT2D eigenvalue weighted by Crippen LogP contribution is -2.05. The molecule has 0 amide bonds. The fraction of sp³-hybridized carbons (Fsp3) is 0.625. The van der Waals surface area contributed by atoms with E-state index >= 15 is 0 Å². The molecule has 0 rings (SSSR count). The second-order valence-corrected chi connectivity index (χ2v) is 2.91. The molecule has 0 aromatic heterocycles. The Morgan fingerprint density at radius 3 is 2.60 bits per heavy atom. The van der Waals surface area contributed by atoms with Crippen LogP contribution in [0.5, 0.6) is 0 Å². The third-order valence-corrected chi connectivity index (χ3v) is 1.21. The van der Waals surface area contributed by atoms with Gasteiger partial charge >= 0.3 is 0 Å². The van der Waals surface area contributed by atoms with Crippen molar-refractivity contribution in [3.8, 4) is 6.07 Å². The average Bonchev–Trinajstić information content (AvgIpc) is 1.84. The van der Waals surface area contributed by atoms with Gasteiger partial charge in [0.15, 0.2) is 0 Å². The van der Waals surface area contributed by atoms with Gasteiger partial charge in [0.1, 0.15) is 0 Å². The van der Waals surface area contributed by atoms with Crippen LogP contribution in [0.3, 0.4) is 0 Å². The van der Waals surface area contributed by atoms with Crippen LogP contribution in [0.15, 0.2) is 12.2 Å². The molecule has 56 valence electrons. The van der Waals surface area contributed by atoms with Crippen LogP contribution < -0.4 is 0 Å². The zero-order chi connectivity index (χ0) is 8.04. The Hall–Kier alpha value is -0.810. The number of nitrogens with zero attached hydrogens (tertiary/aromatic N) is 1. The highest BCUT2D eigenvalue weighted by atomic mass is 16.2. The van der Waals surface area contributed by atoms with Crippen LogP contribution in [0, 0.1) is 16.7 Å². The van der Waals surface area contributed by atoms with Gasteiger partial charge in [-0.25, -0.2) is 0 Å². The summed E-state index contributed by atoms with van der Waals surface area (Å²) >= 11 is 0. The van der Waals surface area contributed by atoms with Gasteiger partial charge in [-0.15, -0.1) is 0 Å². The molecule has 0 fully saturated rings. The molecule has 0 aliphatic heterocycles. The summed E-state index contributed by atoms with van der Waals surface area (Å²) in [5.74, 6) is 0. The molecule has 0 saturated carbocycles. The summed E-state index contributed by atoms with van der Waals surface area (Å²) in [6.45, 7) is 3.97. The summed E-state index contributed by atoms with van der Waals surface area (Å²) in [6, 6.07) is 2.08. The van der Waals surface area contributed by atoms with E-state index in [0.29, 0.717) is 6.42 Å². The first kappa shape index (κ1) is 9.19. The number of rotatable bonds is 3. The monoisotopic (exact) mass is 139 g/mol. The molecule has 1 N–H and O–H groups in total. The molecular weight excluding hydrogens is 126 g/mol. The molecule has 2 nitrogen and oxygen atoms in total. The van der Waals surface area contributed by atoms with Gasteiger partial charge in [0, 0.05) is 6.42 Å². The Morgan fingerprint density at radius 2 is 2.20 bits per heavy atom. The van der Waals surface area contributed by atoms with Crippen LogP contribution >= 0.6 is 0 Å². The van der Waals surface area contributed by atoms with Crippen LogP contribution in [0.25, 0.3) is 0 Å². The largest absolute Gasteiger partial charge is 0.392 e. The van der Waals surface area contributed by atoms with Crippen LogP contribution in [0.2, 0.25) is 0 Å². The molecule has 0 bridgehead atoms. The van der Waals surface area contributed by atoms with Gasteiger partial charge in [0.05, 0.1) is 12.7 Å². The molecule has 0 heterocycles. The van der Waals surface area contributed by atoms with Crippen LogP contribution in [0.4, 0.5) is 0 Å². The van der Waals surface area contributed by atoms with Crippen molar-refractivity contribution in [2.24, 2.45) is 5.41 Å². The van der Waals surface area contributed by atoms with Crippen molar-refractivity contribution in [3.63, 3.8) is 0 Å². The predicted molar refractivity (Wildman–Crippen MR) is 40.2 cm³/mol. The lowest BCUT2D eigenvalue weighted by Gasteiger charge is -2.14. The quantitative estimate of drug-likeness (QED) is 0.602. The van der Waals surface area contributed by atoms with Crippen LogP contribution in [0.1, 0.15) is 20.3 Å². The fourth-order valence-corrected chi connectivity index (χ4v) is 0.634. The zero-order valence-electron chi connectivity index (χ0n) is 6.46. The molecule has 10 heavy (non-hydrogen) atoms. The minimum absolute atomic E-state index is 0.0505. The van der Waals surface area contributed by atoms with Crippen molar-refractivity contribution < 1.29 is 5.11 Å². The minimum atomic E-state index is -0.0997. The van der Waals surface area contributed by atoms with Gasteiger partial charge in [-0.3, -0.25) is 0 Å². The maximum atomic E-state index is 8.43. The first-order valence-electron chi connectivity index (χ1n) is 3.28. The van der Waals surface area contributed by atoms with Crippen molar-refractivity contribution in [1.29, 1.82) is 5.26 Å². The van der Waals surface area contributed by atoms with E-state index in [-0.39, 0.29) is 12.0 Å². The first-order valence-corrected chi connectivity index (χ1v) is 3.28. The molecule has 0 saturated heterocycles. The number of nitriles is 1. The summed E-state index contributed by atoms with van der Waals surface area (Å²) in [5, 5.41) is 16.8. The Balaban J connectivity index is 3.88. The smallest absolute Gasteiger partial charge is 0.0630 e. The van der Waals surface area contributed by atoms with Gasteiger partial charge < -0.3 is 5.11 Å². The van der Waals surface area contributed by atoms with Crippen molar-refractivity contribution in [2.75, 3.05) is 6.61 Å². The minimum Gasteiger partial charge on any atom is -0.392 e. The van der Waals surface area contributed by atoms with E-state index in [2.05, 4.69) is 6.07 Å². The van der Waals surface area contributed by atoms with Crippen molar-refractivity contribution >= 4 is 0 Å². The van der Waals surface area contributed by atoms with Gasteiger partial charge in [0.2, 0.25) is 0 Å². The lowest BCUT2D eigenvalue weighted by molar-refractivity contribution is 0.339. The molecule has 0 radical (unpaired) electrons. The SMILES string of the molecule is CC(C)(/C=C/CO)CC#N. The maximum absolute atomic E-state index is 8.43. The molecule has 0 aromatic carbocycles. The summed E-state index contributed by atoms with van der Waals surface area (Å²) in [6.07, 6.45) is 4.01. The molecule has 0 atom stereocenters. The fourth-order valence-electron chi connectivity index (χ4n) is 0.634. The summed E-state index contributed by atoms with van der Waals surface area (Å²) in [4.78, 5) is 0. The molecule has 0 unspecified atom stereocenters. The van der Waals surface area contributed by atoms with Crippen molar-refractivity contribution in [1.82, 2.24) is 0 Å². The van der Waals surface area contributed by atoms with E-state index < -0.39 is 0 Å². The second-order valence-electron chi connectivity index (χ2n) is 2.91. The maximum Gasteiger partial charge on any atom is 0.0630 e. The number of allylic oxidation sites excluding steroid dienone is 1. The predicted octanol–water partition coefficient (Wildman–Crippen LogP) is 1.47. The Kier molecular flexibility index (Phi) is 3.75. The number of hydrogen-bond donors (Lipinski definition) is 1. The van der Waals surface area contributed by atoms with Crippen LogP contribution in [-0.2, 0) is 0 Å². The standard InChI is InChI=1S/C8H13NO/c1-8(2,5-6-9)4-3-7-10/h3-4,10H,5,7H2,1-2H3/b4-3+. The van der Waals surface area contributed by atoms with E-state index in [1.54, 1.807) is 6.08 Å². The molecule has 0 aliphatic rings. The highest BCUT2D eigenvalue weighted by molar-refractivity contribution is 4.98. The van der Waals surface area contributed by atoms with E-state index in [0.717, 1.165) is 0 Å². The topological polar surface area (TPSA) is 44.0 Å². The third-order valence-electron chi connectivity index (χ3n) is 1.21. The average molecular weight is 139 g/mol. The van der Waals surface area contributed by atoms with E-state index in [9.17, 15) is 0 Å². The van der Waals surface area contributed by atoms with Gasteiger partial charge in [0.25, 0.3) is 0 Å². The van der Waals surface area contributed by atoms with E-state index in [1.807, 2.05) is 19.9 Å². The highest BCUT2D eigenvalue weighted by Gasteiger charge is 2.11. The second kappa shape index (κ2) is 4.08. The molecule has 0 aliphatic carbocycles. The van der Waals surface area contributed by atoms with Gasteiger partial charge in [-0.1, -0.05) is 26.0 Å². The molecule has 0 aromatic rings. The lowest BCUT2D eigenvalue weighted by atomic mass is 9.90. The number of aliphatic hydroxyl groups excluding tert-OH is 1. The van der Waals surface area contributed by atoms with E-state index in [1.165, 1.54) is 0 Å². The van der Waals surface area contributed by atoms with Gasteiger partial charge in [-0.2, -0.15) is 5.26 Å². The Bertz CT molecular complexity index is 153. The third kappa shape index (κ3) is 4.11. The van der Waals surface area contributed by atoms with Crippen molar-refractivity contribution in [2.45, 2.75) is 20.3 Å². The van der Waals surface area contributed by atoms with Gasteiger partial charge in [-0.05, 0) is 5.41 Å². The molecule has 0 spiro atoms. The summed E-state index contributed by atoms with van der Waals surface area (Å²) < 4.78 is 0. The Labute approximate surface area is 61.8 Å². The normalized spacial score (nSPS) is 11.8. The summed E-state index contributed by atoms with van der Waals surface area (Å²) in [7, 11) is 0. The van der Waals surface area contributed by atoms with E-state index in [4.69, 9.17) is 10.4 Å². The molecule has 2 heteroatoms. The zero-order valence-corrected chi connectivity index (χ0v) is 6.46. The number of hydrogen-bond acceptors (Lipinski definition) is 2. The summed E-state index contributed by atoms with van der Waals surface area (Å²) in [5.41, 5.74) is -0.0997. The highest BCUT2D eigenvalue weighted by Crippen LogP contribution is 2.20. The van der Waals surface area contributed by atoms with Crippen molar-refractivity contribution in [3.05, 3.63) is 12.2 Å².